The van der Waals surface area contributed by atoms with E-state index in [0.717, 1.165) is 30.2 Å². The number of amides is 1. The summed E-state index contributed by atoms with van der Waals surface area (Å²) in [7, 11) is -3.85. The van der Waals surface area contributed by atoms with Crippen LogP contribution in [0.2, 0.25) is 10.0 Å². The van der Waals surface area contributed by atoms with Gasteiger partial charge in [0.2, 0.25) is 15.9 Å². The van der Waals surface area contributed by atoms with E-state index in [4.69, 9.17) is 23.2 Å². The number of carboxylic acid groups (broad SMARTS) is 1. The van der Waals surface area contributed by atoms with E-state index in [9.17, 15) is 28.4 Å². The second-order valence-electron chi connectivity index (χ2n) is 12.1. The molecule has 5 rings (SSSR count). The second-order valence-corrected chi connectivity index (χ2v) is 14.8. The van der Waals surface area contributed by atoms with Crippen molar-refractivity contribution in [2.24, 2.45) is 11.3 Å². The van der Waals surface area contributed by atoms with Crippen LogP contribution in [-0.4, -0.2) is 49.1 Å². The number of piperidine rings is 1. The number of nitriles is 1. The number of carbonyl (C=O) groups is 2. The minimum Gasteiger partial charge on any atom is -0.481 e. The maximum absolute atomic E-state index is 14.7. The lowest BCUT2D eigenvalue weighted by Crippen LogP contribution is -2.59. The predicted octanol–water partition coefficient (Wildman–Crippen LogP) is 6.65. The molecule has 0 bridgehead atoms. The molecular weight excluding hydrogens is 621 g/mol. The molecule has 8 nitrogen and oxygen atoms in total. The normalized spacial score (nSPS) is 22.7. The summed E-state index contributed by atoms with van der Waals surface area (Å²) in [5.41, 5.74) is 1.01. The van der Waals surface area contributed by atoms with Gasteiger partial charge in [-0.05, 0) is 78.8 Å². The number of carboxylic acids is 1. The van der Waals surface area contributed by atoms with E-state index in [2.05, 4.69) is 6.07 Å². The highest BCUT2D eigenvalue weighted by Crippen LogP contribution is 2.54. The predicted molar refractivity (Wildman–Crippen MR) is 170 cm³/mol. The van der Waals surface area contributed by atoms with Crippen LogP contribution < -0.4 is 4.31 Å². The Kier molecular flexibility index (Phi) is 8.99. The molecule has 3 aromatic carbocycles. The Labute approximate surface area is 267 Å². The molecule has 44 heavy (non-hydrogen) atoms. The van der Waals surface area contributed by atoms with Crippen molar-refractivity contribution >= 4 is 50.8 Å². The van der Waals surface area contributed by atoms with Crippen LogP contribution in [-0.2, 0) is 19.6 Å². The third kappa shape index (κ3) is 6.73. The zero-order chi connectivity index (χ0) is 31.8. The number of sulfonamides is 1. The average Bonchev–Trinajstić information content (AvgIpc) is 3.80. The van der Waals surface area contributed by atoms with Crippen LogP contribution in [0.3, 0.4) is 0 Å². The standard InChI is InChI=1S/C33H33Cl2N3O5S/c1-33(18-30(39)40)17-28(24-6-4-7-26(35)16-24)31(23-11-13-25(34)14-12-23)38(32(33)41)29(22-9-10-22)20-37(44(2,42)43)27-8-3-5-21(15-27)19-36/h3-8,11-16,22,28-29,31H,9-10,17-18,20H2,1-2H3,(H,39,40)/t28?,29-,31?,33-/m1/s1. The van der Waals surface area contributed by atoms with Gasteiger partial charge in [-0.15, -0.1) is 0 Å². The maximum atomic E-state index is 14.7. The number of aliphatic carboxylic acids is 1. The topological polar surface area (TPSA) is 119 Å². The van der Waals surface area contributed by atoms with Gasteiger partial charge in [0.15, 0.2) is 0 Å². The van der Waals surface area contributed by atoms with E-state index in [0.29, 0.717) is 21.3 Å². The summed E-state index contributed by atoms with van der Waals surface area (Å²) in [6.45, 7) is 1.63. The lowest BCUT2D eigenvalue weighted by Gasteiger charge is -2.52. The summed E-state index contributed by atoms with van der Waals surface area (Å²) < 4.78 is 27.8. The second kappa shape index (κ2) is 12.4. The molecule has 0 spiro atoms. The third-order valence-corrected chi connectivity index (χ3v) is 10.3. The number of nitrogens with zero attached hydrogens (tertiary/aromatic N) is 3. The highest BCUT2D eigenvalue weighted by molar-refractivity contribution is 7.92. The molecule has 1 aliphatic heterocycles. The van der Waals surface area contributed by atoms with Gasteiger partial charge in [0.25, 0.3) is 0 Å². The molecule has 2 aliphatic rings. The fourth-order valence-electron chi connectivity index (χ4n) is 6.52. The first-order valence-corrected chi connectivity index (χ1v) is 16.9. The molecule has 0 radical (unpaired) electrons. The van der Waals surface area contributed by atoms with E-state index in [-0.39, 0.29) is 37.1 Å². The minimum absolute atomic E-state index is 0.00987. The first kappa shape index (κ1) is 31.8. The van der Waals surface area contributed by atoms with Crippen molar-refractivity contribution in [2.75, 3.05) is 17.1 Å². The lowest BCUT2D eigenvalue weighted by molar-refractivity contribution is -0.160. The van der Waals surface area contributed by atoms with Crippen LogP contribution in [0.25, 0.3) is 0 Å². The highest BCUT2D eigenvalue weighted by Gasteiger charge is 2.55. The van der Waals surface area contributed by atoms with Gasteiger partial charge < -0.3 is 10.0 Å². The molecule has 0 aromatic heterocycles. The summed E-state index contributed by atoms with van der Waals surface area (Å²) >= 11 is 12.7. The summed E-state index contributed by atoms with van der Waals surface area (Å²) in [6, 6.07) is 21.9. The van der Waals surface area contributed by atoms with Crippen LogP contribution in [0, 0.1) is 22.7 Å². The number of benzene rings is 3. The zero-order valence-electron chi connectivity index (χ0n) is 24.4. The largest absolute Gasteiger partial charge is 0.481 e. The molecule has 1 saturated heterocycles. The van der Waals surface area contributed by atoms with Gasteiger partial charge >= 0.3 is 5.97 Å². The Morgan fingerprint density at radius 3 is 2.34 bits per heavy atom. The maximum Gasteiger partial charge on any atom is 0.304 e. The number of carbonyl (C=O) groups excluding carboxylic acids is 1. The van der Waals surface area contributed by atoms with Gasteiger partial charge in [0, 0.05) is 16.0 Å². The molecular formula is C33H33Cl2N3O5S. The van der Waals surface area contributed by atoms with Crippen molar-refractivity contribution in [3.05, 3.63) is 99.5 Å². The number of anilines is 1. The van der Waals surface area contributed by atoms with Gasteiger partial charge in [0.1, 0.15) is 0 Å². The number of hydrogen-bond donors (Lipinski definition) is 1. The number of hydrogen-bond acceptors (Lipinski definition) is 5. The molecule has 1 saturated carbocycles. The molecule has 230 valence electrons. The lowest BCUT2D eigenvalue weighted by atomic mass is 9.67. The highest BCUT2D eigenvalue weighted by atomic mass is 35.5. The van der Waals surface area contributed by atoms with E-state index in [1.165, 1.54) is 10.4 Å². The average molecular weight is 655 g/mol. The van der Waals surface area contributed by atoms with E-state index < -0.39 is 33.5 Å². The van der Waals surface area contributed by atoms with Crippen molar-refractivity contribution in [3.63, 3.8) is 0 Å². The quantitative estimate of drug-likeness (QED) is 0.262. The zero-order valence-corrected chi connectivity index (χ0v) is 26.7. The van der Waals surface area contributed by atoms with E-state index >= 15 is 0 Å². The van der Waals surface area contributed by atoms with Crippen molar-refractivity contribution < 1.29 is 23.1 Å². The molecule has 11 heteroatoms. The van der Waals surface area contributed by atoms with E-state index in [1.54, 1.807) is 48.2 Å². The number of halogens is 2. The summed E-state index contributed by atoms with van der Waals surface area (Å²) in [6.07, 6.45) is 2.54. The van der Waals surface area contributed by atoms with Crippen LogP contribution >= 0.6 is 23.2 Å². The summed E-state index contributed by atoms with van der Waals surface area (Å²) in [5, 5.41) is 20.5. The Balaban J connectivity index is 1.71. The number of likely N-dealkylation sites (tertiary alicyclic amines) is 1. The molecule has 4 atom stereocenters. The summed E-state index contributed by atoms with van der Waals surface area (Å²) in [5.74, 6) is -1.80. The minimum atomic E-state index is -3.85. The van der Waals surface area contributed by atoms with Gasteiger partial charge in [-0.2, -0.15) is 5.26 Å². The van der Waals surface area contributed by atoms with Crippen molar-refractivity contribution in [1.82, 2.24) is 4.90 Å². The Bertz CT molecular complexity index is 1720. The SMILES string of the molecule is C[C@]1(CC(=O)O)CC(c2cccc(Cl)c2)C(c2ccc(Cl)cc2)N([C@H](CN(c2cccc(C#N)c2)S(C)(=O)=O)C2CC2)C1=O. The molecule has 1 amide bonds. The molecule has 2 unspecified atom stereocenters. The first-order chi connectivity index (χ1) is 20.8. The first-order valence-electron chi connectivity index (χ1n) is 14.3. The van der Waals surface area contributed by atoms with Crippen LogP contribution in [0.5, 0.6) is 0 Å². The van der Waals surface area contributed by atoms with Crippen LogP contribution in [0.1, 0.15) is 61.3 Å². The monoisotopic (exact) mass is 653 g/mol. The fourth-order valence-corrected chi connectivity index (χ4v) is 7.77. The van der Waals surface area contributed by atoms with E-state index in [1.807, 2.05) is 30.3 Å². The Morgan fingerprint density at radius 1 is 1.07 bits per heavy atom. The van der Waals surface area contributed by atoms with Crippen molar-refractivity contribution in [3.8, 4) is 6.07 Å². The number of rotatable bonds is 10. The Hall–Kier alpha value is -3.58. The van der Waals surface area contributed by atoms with Gasteiger partial charge in [-0.3, -0.25) is 13.9 Å². The van der Waals surface area contributed by atoms with Gasteiger partial charge in [-0.1, -0.05) is 60.5 Å². The summed E-state index contributed by atoms with van der Waals surface area (Å²) in [4.78, 5) is 28.6. The van der Waals surface area contributed by atoms with Crippen molar-refractivity contribution in [1.29, 1.82) is 5.26 Å². The van der Waals surface area contributed by atoms with Gasteiger partial charge in [0.05, 0.1) is 54.0 Å². The fraction of sp³-hybridized carbons (Fsp3) is 0.364. The van der Waals surface area contributed by atoms with Gasteiger partial charge in [-0.25, -0.2) is 8.42 Å². The molecule has 1 aliphatic carbocycles. The smallest absolute Gasteiger partial charge is 0.304 e. The molecule has 1 heterocycles. The Morgan fingerprint density at radius 2 is 1.75 bits per heavy atom. The third-order valence-electron chi connectivity index (χ3n) is 8.67. The van der Waals surface area contributed by atoms with Crippen LogP contribution in [0.4, 0.5) is 5.69 Å². The van der Waals surface area contributed by atoms with Crippen LogP contribution in [0.15, 0.2) is 72.8 Å². The van der Waals surface area contributed by atoms with Crippen molar-refractivity contribution in [2.45, 2.75) is 50.6 Å². The molecule has 3 aromatic rings. The molecule has 2 fully saturated rings. The molecule has 1 N–H and O–H groups in total.